The fraction of sp³-hybridized carbons (Fsp3) is 0.263. The van der Waals surface area contributed by atoms with Crippen molar-refractivity contribution in [1.82, 2.24) is 4.90 Å². The van der Waals surface area contributed by atoms with Crippen molar-refractivity contribution in [3.8, 4) is 5.75 Å². The minimum absolute atomic E-state index is 0.0703. The van der Waals surface area contributed by atoms with Crippen LogP contribution < -0.4 is 10.1 Å². The SMILES string of the molecule is CCN(CC)C(=O)c1cccc(C(=O)Nc2ccc(OC)cc2)c1. The zero-order valence-corrected chi connectivity index (χ0v) is 14.2. The summed E-state index contributed by atoms with van der Waals surface area (Å²) in [5.74, 6) is 0.397. The highest BCUT2D eigenvalue weighted by molar-refractivity contribution is 6.06. The number of hydrogen-bond acceptors (Lipinski definition) is 3. The predicted octanol–water partition coefficient (Wildman–Crippen LogP) is 3.43. The third kappa shape index (κ3) is 4.13. The van der Waals surface area contributed by atoms with E-state index in [0.29, 0.717) is 29.9 Å². The Balaban J connectivity index is 2.14. The summed E-state index contributed by atoms with van der Waals surface area (Å²) < 4.78 is 5.09. The fourth-order valence-corrected chi connectivity index (χ4v) is 2.36. The van der Waals surface area contributed by atoms with Gasteiger partial charge in [-0.25, -0.2) is 0 Å². The number of nitrogens with zero attached hydrogens (tertiary/aromatic N) is 1. The summed E-state index contributed by atoms with van der Waals surface area (Å²) in [5, 5.41) is 2.81. The lowest BCUT2D eigenvalue weighted by Gasteiger charge is -2.18. The van der Waals surface area contributed by atoms with Crippen molar-refractivity contribution < 1.29 is 14.3 Å². The van der Waals surface area contributed by atoms with Crippen molar-refractivity contribution in [1.29, 1.82) is 0 Å². The van der Waals surface area contributed by atoms with Crippen LogP contribution in [0.3, 0.4) is 0 Å². The molecule has 0 aliphatic carbocycles. The van der Waals surface area contributed by atoms with Gasteiger partial charge in [0.25, 0.3) is 11.8 Å². The summed E-state index contributed by atoms with van der Waals surface area (Å²) in [7, 11) is 1.59. The summed E-state index contributed by atoms with van der Waals surface area (Å²) in [4.78, 5) is 26.5. The maximum Gasteiger partial charge on any atom is 0.255 e. The van der Waals surface area contributed by atoms with Crippen molar-refractivity contribution in [2.45, 2.75) is 13.8 Å². The highest BCUT2D eigenvalue weighted by Crippen LogP contribution is 2.16. The van der Waals surface area contributed by atoms with Crippen LogP contribution in [0, 0.1) is 0 Å². The first kappa shape index (κ1) is 17.5. The number of carbonyl (C=O) groups excluding carboxylic acids is 2. The van der Waals surface area contributed by atoms with Gasteiger partial charge in [-0.15, -0.1) is 0 Å². The zero-order chi connectivity index (χ0) is 17.5. The number of hydrogen-bond donors (Lipinski definition) is 1. The van der Waals surface area contributed by atoms with Crippen molar-refractivity contribution in [3.05, 3.63) is 59.7 Å². The highest BCUT2D eigenvalue weighted by atomic mass is 16.5. The molecule has 0 unspecified atom stereocenters. The molecule has 0 saturated carbocycles. The molecule has 0 bridgehead atoms. The van der Waals surface area contributed by atoms with E-state index in [0.717, 1.165) is 5.75 Å². The Morgan fingerprint density at radius 1 is 1.00 bits per heavy atom. The van der Waals surface area contributed by atoms with Crippen LogP contribution in [-0.4, -0.2) is 36.9 Å². The summed E-state index contributed by atoms with van der Waals surface area (Å²) >= 11 is 0. The van der Waals surface area contributed by atoms with E-state index >= 15 is 0 Å². The van der Waals surface area contributed by atoms with Crippen LogP contribution in [0.25, 0.3) is 0 Å². The van der Waals surface area contributed by atoms with Gasteiger partial charge < -0.3 is 15.0 Å². The molecule has 24 heavy (non-hydrogen) atoms. The lowest BCUT2D eigenvalue weighted by Crippen LogP contribution is -2.30. The lowest BCUT2D eigenvalue weighted by molar-refractivity contribution is 0.0773. The molecule has 2 amide bonds. The Kier molecular flexibility index (Phi) is 5.95. The second-order valence-electron chi connectivity index (χ2n) is 5.24. The highest BCUT2D eigenvalue weighted by Gasteiger charge is 2.14. The number of benzene rings is 2. The molecular weight excluding hydrogens is 304 g/mol. The lowest BCUT2D eigenvalue weighted by atomic mass is 10.1. The molecule has 0 saturated heterocycles. The monoisotopic (exact) mass is 326 g/mol. The standard InChI is InChI=1S/C19H22N2O3/c1-4-21(5-2)19(23)15-8-6-7-14(13-15)18(22)20-16-9-11-17(24-3)12-10-16/h6-13H,4-5H2,1-3H3,(H,20,22). The van der Waals surface area contributed by atoms with Gasteiger partial charge in [0.15, 0.2) is 0 Å². The number of carbonyl (C=O) groups is 2. The number of anilines is 1. The molecule has 0 atom stereocenters. The second-order valence-corrected chi connectivity index (χ2v) is 5.24. The van der Waals surface area contributed by atoms with Gasteiger partial charge in [0.1, 0.15) is 5.75 Å². The minimum atomic E-state index is -0.255. The van der Waals surface area contributed by atoms with Crippen LogP contribution in [0.5, 0.6) is 5.75 Å². The molecule has 0 aliphatic heterocycles. The minimum Gasteiger partial charge on any atom is -0.497 e. The third-order valence-electron chi connectivity index (χ3n) is 3.77. The first-order chi connectivity index (χ1) is 11.6. The molecule has 0 aromatic heterocycles. The van der Waals surface area contributed by atoms with Crippen LogP contribution in [0.2, 0.25) is 0 Å². The van der Waals surface area contributed by atoms with Gasteiger partial charge in [0.05, 0.1) is 7.11 Å². The summed E-state index contributed by atoms with van der Waals surface area (Å²) in [6.07, 6.45) is 0. The van der Waals surface area contributed by atoms with E-state index in [9.17, 15) is 9.59 Å². The van der Waals surface area contributed by atoms with E-state index < -0.39 is 0 Å². The molecule has 2 aromatic carbocycles. The second kappa shape index (κ2) is 8.15. The molecule has 1 N–H and O–H groups in total. The quantitative estimate of drug-likeness (QED) is 0.885. The van der Waals surface area contributed by atoms with Gasteiger partial charge in [-0.3, -0.25) is 9.59 Å². The molecule has 2 aromatic rings. The molecule has 0 aliphatic rings. The predicted molar refractivity (Wildman–Crippen MR) is 94.6 cm³/mol. The average Bonchev–Trinajstić information content (AvgIpc) is 2.63. The first-order valence-corrected chi connectivity index (χ1v) is 7.93. The summed E-state index contributed by atoms with van der Waals surface area (Å²) in [5.41, 5.74) is 1.63. The first-order valence-electron chi connectivity index (χ1n) is 7.93. The number of ether oxygens (including phenoxy) is 1. The van der Waals surface area contributed by atoms with E-state index in [1.807, 2.05) is 13.8 Å². The fourth-order valence-electron chi connectivity index (χ4n) is 2.36. The van der Waals surface area contributed by atoms with Gasteiger partial charge in [-0.05, 0) is 56.3 Å². The molecule has 5 heteroatoms. The zero-order valence-electron chi connectivity index (χ0n) is 14.2. The number of amides is 2. The number of nitrogens with one attached hydrogen (secondary N) is 1. The van der Waals surface area contributed by atoms with Crippen molar-refractivity contribution in [2.24, 2.45) is 0 Å². The van der Waals surface area contributed by atoms with Crippen LogP contribution in [-0.2, 0) is 0 Å². The largest absolute Gasteiger partial charge is 0.497 e. The van der Waals surface area contributed by atoms with E-state index in [4.69, 9.17) is 4.74 Å². The summed E-state index contributed by atoms with van der Waals surface area (Å²) in [6.45, 7) is 5.14. The van der Waals surface area contributed by atoms with Crippen LogP contribution in [0.1, 0.15) is 34.6 Å². The van der Waals surface area contributed by atoms with E-state index in [-0.39, 0.29) is 11.8 Å². The van der Waals surface area contributed by atoms with Crippen LogP contribution in [0.15, 0.2) is 48.5 Å². The molecule has 0 fully saturated rings. The Hall–Kier alpha value is -2.82. The molecule has 5 nitrogen and oxygen atoms in total. The maximum absolute atomic E-state index is 12.4. The Labute approximate surface area is 142 Å². The van der Waals surface area contributed by atoms with Gasteiger partial charge >= 0.3 is 0 Å². The molecule has 0 spiro atoms. The van der Waals surface area contributed by atoms with Gasteiger partial charge in [0.2, 0.25) is 0 Å². The average molecular weight is 326 g/mol. The third-order valence-corrected chi connectivity index (χ3v) is 3.77. The van der Waals surface area contributed by atoms with Crippen molar-refractivity contribution in [2.75, 3.05) is 25.5 Å². The Morgan fingerprint density at radius 2 is 1.62 bits per heavy atom. The van der Waals surface area contributed by atoms with Gasteiger partial charge in [-0.2, -0.15) is 0 Å². The molecule has 2 rings (SSSR count). The number of methoxy groups -OCH3 is 1. The molecule has 126 valence electrons. The number of rotatable bonds is 6. The molecular formula is C19H22N2O3. The summed E-state index contributed by atoms with van der Waals surface area (Å²) in [6, 6.07) is 13.8. The van der Waals surface area contributed by atoms with Gasteiger partial charge in [-0.1, -0.05) is 6.07 Å². The molecule has 0 heterocycles. The Morgan fingerprint density at radius 3 is 2.21 bits per heavy atom. The van der Waals surface area contributed by atoms with E-state index in [2.05, 4.69) is 5.32 Å². The topological polar surface area (TPSA) is 58.6 Å². The van der Waals surface area contributed by atoms with E-state index in [1.54, 1.807) is 60.5 Å². The van der Waals surface area contributed by atoms with Crippen LogP contribution in [0.4, 0.5) is 5.69 Å². The smallest absolute Gasteiger partial charge is 0.255 e. The van der Waals surface area contributed by atoms with Crippen molar-refractivity contribution >= 4 is 17.5 Å². The van der Waals surface area contributed by atoms with Crippen molar-refractivity contribution in [3.63, 3.8) is 0 Å². The maximum atomic E-state index is 12.4. The molecule has 0 radical (unpaired) electrons. The van der Waals surface area contributed by atoms with E-state index in [1.165, 1.54) is 0 Å². The Bertz CT molecular complexity index is 707. The normalized spacial score (nSPS) is 10.1. The van der Waals surface area contributed by atoms with Gasteiger partial charge in [0, 0.05) is 29.9 Å². The van der Waals surface area contributed by atoms with Crippen LogP contribution >= 0.6 is 0 Å².